The largest absolute Gasteiger partial charge is 0.411 e. The van der Waals surface area contributed by atoms with Gasteiger partial charge in [0.15, 0.2) is 0 Å². The predicted octanol–water partition coefficient (Wildman–Crippen LogP) is 2.43. The number of piperazine rings is 1. The van der Waals surface area contributed by atoms with Crippen molar-refractivity contribution in [2.24, 2.45) is 0 Å². The number of amides is 2. The SMILES string of the molecule is CC(=O)NC(CC(=O)N1CCN(CCCOCC(F)(F)F)CC1)c1cccs1. The van der Waals surface area contributed by atoms with Crippen molar-refractivity contribution in [3.05, 3.63) is 22.4 Å². The van der Waals surface area contributed by atoms with Gasteiger partial charge in [-0.2, -0.15) is 13.2 Å². The van der Waals surface area contributed by atoms with Crippen LogP contribution in [0.3, 0.4) is 0 Å². The maximum atomic E-state index is 12.6. The fourth-order valence-electron chi connectivity index (χ4n) is 3.06. The van der Waals surface area contributed by atoms with Gasteiger partial charge in [-0.05, 0) is 17.9 Å². The van der Waals surface area contributed by atoms with Crippen LogP contribution in [0.25, 0.3) is 0 Å². The number of ether oxygens (including phenoxy) is 1. The van der Waals surface area contributed by atoms with Crippen LogP contribution in [0.1, 0.15) is 30.7 Å². The van der Waals surface area contributed by atoms with Crippen molar-refractivity contribution in [2.45, 2.75) is 32.0 Å². The van der Waals surface area contributed by atoms with Crippen LogP contribution in [0, 0.1) is 0 Å². The average Bonchev–Trinajstić information content (AvgIpc) is 3.14. The van der Waals surface area contributed by atoms with Crippen molar-refractivity contribution in [1.82, 2.24) is 15.1 Å². The standard InChI is InChI=1S/C18H26F3N3O3S/c1-14(25)22-15(16-4-2-11-28-16)12-17(26)24-8-6-23(7-9-24)5-3-10-27-13-18(19,20)21/h2,4,11,15H,3,5-10,12-13H2,1H3,(H,22,25). The summed E-state index contributed by atoms with van der Waals surface area (Å²) < 4.78 is 40.6. The number of rotatable bonds is 9. The summed E-state index contributed by atoms with van der Waals surface area (Å²) in [5, 5.41) is 4.74. The van der Waals surface area contributed by atoms with E-state index in [1.165, 1.54) is 18.3 Å². The Bertz CT molecular complexity index is 617. The van der Waals surface area contributed by atoms with Crippen molar-refractivity contribution >= 4 is 23.2 Å². The van der Waals surface area contributed by atoms with E-state index in [1.807, 2.05) is 17.5 Å². The number of halogens is 3. The summed E-state index contributed by atoms with van der Waals surface area (Å²) in [6.07, 6.45) is -3.55. The zero-order valence-corrected chi connectivity index (χ0v) is 16.7. The van der Waals surface area contributed by atoms with E-state index < -0.39 is 12.8 Å². The second-order valence-electron chi connectivity index (χ2n) is 6.72. The molecule has 1 aromatic rings. The molecule has 1 atom stereocenters. The van der Waals surface area contributed by atoms with Crippen LogP contribution < -0.4 is 5.32 Å². The van der Waals surface area contributed by atoms with Crippen molar-refractivity contribution < 1.29 is 27.5 Å². The summed E-state index contributed by atoms with van der Waals surface area (Å²) in [5.74, 6) is -0.191. The Morgan fingerprint density at radius 1 is 1.29 bits per heavy atom. The third-order valence-electron chi connectivity index (χ3n) is 4.40. The number of carbonyl (C=O) groups excluding carboxylic acids is 2. The van der Waals surface area contributed by atoms with Gasteiger partial charge in [0.05, 0.1) is 12.5 Å². The molecule has 0 aromatic carbocycles. The molecule has 6 nitrogen and oxygen atoms in total. The van der Waals surface area contributed by atoms with Gasteiger partial charge in [0, 0.05) is 51.1 Å². The number of hydrogen-bond acceptors (Lipinski definition) is 5. The van der Waals surface area contributed by atoms with E-state index in [-0.39, 0.29) is 30.9 Å². The van der Waals surface area contributed by atoms with Crippen LogP contribution in [0.4, 0.5) is 13.2 Å². The molecule has 2 amide bonds. The Morgan fingerprint density at radius 3 is 2.57 bits per heavy atom. The van der Waals surface area contributed by atoms with Gasteiger partial charge >= 0.3 is 6.18 Å². The van der Waals surface area contributed by atoms with Crippen molar-refractivity contribution in [3.8, 4) is 0 Å². The molecule has 1 aromatic heterocycles. The quantitative estimate of drug-likeness (QED) is 0.622. The van der Waals surface area contributed by atoms with E-state index in [2.05, 4.69) is 15.0 Å². The molecular formula is C18H26F3N3O3S. The Hall–Kier alpha value is -1.65. The van der Waals surface area contributed by atoms with Gasteiger partial charge < -0.3 is 15.0 Å². The molecule has 1 unspecified atom stereocenters. The van der Waals surface area contributed by atoms with Crippen LogP contribution in [0.15, 0.2) is 17.5 Å². The van der Waals surface area contributed by atoms with Crippen LogP contribution in [0.2, 0.25) is 0 Å². The first kappa shape index (κ1) is 22.6. The fourth-order valence-corrected chi connectivity index (χ4v) is 3.84. The summed E-state index contributed by atoms with van der Waals surface area (Å²) in [7, 11) is 0. The second kappa shape index (κ2) is 10.8. The molecule has 1 aliphatic rings. The van der Waals surface area contributed by atoms with Gasteiger partial charge in [-0.15, -0.1) is 11.3 Å². The van der Waals surface area contributed by atoms with E-state index in [9.17, 15) is 22.8 Å². The molecular weight excluding hydrogens is 395 g/mol. The Morgan fingerprint density at radius 2 is 2.00 bits per heavy atom. The van der Waals surface area contributed by atoms with E-state index in [4.69, 9.17) is 0 Å². The minimum atomic E-state index is -4.29. The average molecular weight is 421 g/mol. The van der Waals surface area contributed by atoms with E-state index in [0.29, 0.717) is 39.1 Å². The molecule has 2 rings (SSSR count). The molecule has 1 saturated heterocycles. The molecule has 1 N–H and O–H groups in total. The normalized spacial score (nSPS) is 16.8. The van der Waals surface area contributed by atoms with E-state index in [0.717, 1.165) is 4.88 Å². The molecule has 10 heteroatoms. The lowest BCUT2D eigenvalue weighted by molar-refractivity contribution is -0.174. The highest BCUT2D eigenvalue weighted by Gasteiger charge is 2.27. The van der Waals surface area contributed by atoms with E-state index in [1.54, 1.807) is 4.90 Å². The third kappa shape index (κ3) is 8.15. The summed E-state index contributed by atoms with van der Waals surface area (Å²) in [5.41, 5.74) is 0. The lowest BCUT2D eigenvalue weighted by Gasteiger charge is -2.35. The third-order valence-corrected chi connectivity index (χ3v) is 5.38. The molecule has 1 fully saturated rings. The maximum absolute atomic E-state index is 12.6. The van der Waals surface area contributed by atoms with Crippen molar-refractivity contribution in [1.29, 1.82) is 0 Å². The molecule has 0 saturated carbocycles. The summed E-state index contributed by atoms with van der Waals surface area (Å²) in [6.45, 7) is 3.42. The molecule has 158 valence electrons. The second-order valence-corrected chi connectivity index (χ2v) is 7.70. The minimum absolute atomic E-state index is 0.0136. The lowest BCUT2D eigenvalue weighted by Crippen LogP contribution is -2.49. The maximum Gasteiger partial charge on any atom is 0.411 e. The molecule has 0 radical (unpaired) electrons. The highest BCUT2D eigenvalue weighted by molar-refractivity contribution is 7.10. The van der Waals surface area contributed by atoms with Crippen molar-refractivity contribution in [3.63, 3.8) is 0 Å². The Labute approximate surface area is 166 Å². The smallest absolute Gasteiger partial charge is 0.372 e. The van der Waals surface area contributed by atoms with Gasteiger partial charge in [0.1, 0.15) is 6.61 Å². The van der Waals surface area contributed by atoms with Crippen LogP contribution in [0.5, 0.6) is 0 Å². The minimum Gasteiger partial charge on any atom is -0.372 e. The zero-order chi connectivity index (χ0) is 20.6. The first-order chi connectivity index (χ1) is 13.2. The number of thiophene rings is 1. The number of nitrogens with one attached hydrogen (secondary N) is 1. The molecule has 2 heterocycles. The lowest BCUT2D eigenvalue weighted by atomic mass is 10.1. The van der Waals surface area contributed by atoms with Crippen LogP contribution in [-0.2, 0) is 14.3 Å². The summed E-state index contributed by atoms with van der Waals surface area (Å²) in [6, 6.07) is 3.46. The fraction of sp³-hybridized carbons (Fsp3) is 0.667. The Kier molecular flexibility index (Phi) is 8.71. The molecule has 1 aliphatic heterocycles. The van der Waals surface area contributed by atoms with Gasteiger partial charge in [-0.3, -0.25) is 14.5 Å². The number of alkyl halides is 3. The van der Waals surface area contributed by atoms with Gasteiger partial charge in [0.2, 0.25) is 11.8 Å². The summed E-state index contributed by atoms with van der Waals surface area (Å²) >= 11 is 1.50. The summed E-state index contributed by atoms with van der Waals surface area (Å²) in [4.78, 5) is 28.9. The number of hydrogen-bond donors (Lipinski definition) is 1. The monoisotopic (exact) mass is 421 g/mol. The number of carbonyl (C=O) groups is 2. The Balaban J connectivity index is 1.70. The first-order valence-electron chi connectivity index (χ1n) is 9.20. The first-order valence-corrected chi connectivity index (χ1v) is 10.1. The predicted molar refractivity (Wildman–Crippen MR) is 100 cm³/mol. The van der Waals surface area contributed by atoms with Crippen LogP contribution in [-0.4, -0.2) is 73.7 Å². The number of nitrogens with zero attached hydrogens (tertiary/aromatic N) is 2. The highest BCUT2D eigenvalue weighted by atomic mass is 32.1. The van der Waals surface area contributed by atoms with Crippen molar-refractivity contribution in [2.75, 3.05) is 45.9 Å². The van der Waals surface area contributed by atoms with Gasteiger partial charge in [-0.1, -0.05) is 6.07 Å². The van der Waals surface area contributed by atoms with Gasteiger partial charge in [-0.25, -0.2) is 0 Å². The van der Waals surface area contributed by atoms with Crippen LogP contribution >= 0.6 is 11.3 Å². The molecule has 0 bridgehead atoms. The van der Waals surface area contributed by atoms with Gasteiger partial charge in [0.25, 0.3) is 0 Å². The molecule has 0 spiro atoms. The molecule has 0 aliphatic carbocycles. The highest BCUT2D eigenvalue weighted by Crippen LogP contribution is 2.23. The molecule has 28 heavy (non-hydrogen) atoms. The zero-order valence-electron chi connectivity index (χ0n) is 15.8. The van der Waals surface area contributed by atoms with E-state index >= 15 is 0 Å². The topological polar surface area (TPSA) is 61.9 Å².